The number of aryl methyl sites for hydroxylation is 1. The molecule has 0 fully saturated rings. The summed E-state index contributed by atoms with van der Waals surface area (Å²) in [6.07, 6.45) is 4.18. The molecule has 0 saturated carbocycles. The summed E-state index contributed by atoms with van der Waals surface area (Å²) in [6.45, 7) is 11.1. The summed E-state index contributed by atoms with van der Waals surface area (Å²) < 4.78 is 10.5. The van der Waals surface area contributed by atoms with Crippen LogP contribution in [0.4, 0.5) is 0 Å². The van der Waals surface area contributed by atoms with Crippen LogP contribution in [0.1, 0.15) is 30.5 Å². The van der Waals surface area contributed by atoms with Gasteiger partial charge in [-0.15, -0.1) is 11.8 Å². The summed E-state index contributed by atoms with van der Waals surface area (Å²) in [5, 5.41) is 0. The number of benzene rings is 2. The van der Waals surface area contributed by atoms with E-state index in [4.69, 9.17) is 9.13 Å². The SMILES string of the molecule is C=C1C(SCC(=CC)OCC)=C/C(=N\Sc2ccc(C)cc2)c2ccccc21. The third-order valence-corrected chi connectivity index (χ3v) is 6.26. The largest absolute Gasteiger partial charge is 0.498 e. The standard InChI is InChI=1S/C24H25NOS2/c1-5-19(26-6-2)16-27-24-15-23(22-10-8-7-9-21(22)18(24)4)25-28-20-13-11-17(3)12-14-20/h5,7-15H,4,6,16H2,1-3H3/b19-5?,25-23+. The third kappa shape index (κ3) is 5.00. The van der Waals surface area contributed by atoms with Crippen LogP contribution in [0.15, 0.2) is 87.2 Å². The van der Waals surface area contributed by atoms with Crippen molar-refractivity contribution in [2.75, 3.05) is 12.4 Å². The Morgan fingerprint density at radius 3 is 2.50 bits per heavy atom. The molecule has 0 heterocycles. The van der Waals surface area contributed by atoms with Crippen LogP contribution in [-0.2, 0) is 4.74 Å². The van der Waals surface area contributed by atoms with Gasteiger partial charge in [-0.05, 0) is 56.2 Å². The molecular weight excluding hydrogens is 382 g/mol. The zero-order chi connectivity index (χ0) is 19.9. The summed E-state index contributed by atoms with van der Waals surface area (Å²) in [4.78, 5) is 2.27. The highest BCUT2D eigenvalue weighted by Crippen LogP contribution is 2.38. The second kappa shape index (κ2) is 9.85. The first-order valence-corrected chi connectivity index (χ1v) is 11.1. The fourth-order valence-corrected chi connectivity index (χ4v) is 4.48. The Bertz CT molecular complexity index is 939. The van der Waals surface area contributed by atoms with Crippen LogP contribution in [0.25, 0.3) is 5.57 Å². The lowest BCUT2D eigenvalue weighted by atomic mass is 9.92. The van der Waals surface area contributed by atoms with Crippen molar-refractivity contribution in [3.05, 3.63) is 94.6 Å². The van der Waals surface area contributed by atoms with E-state index in [1.54, 1.807) is 11.8 Å². The van der Waals surface area contributed by atoms with Gasteiger partial charge in [-0.1, -0.05) is 48.5 Å². The molecule has 0 atom stereocenters. The number of hydrogen-bond donors (Lipinski definition) is 0. The van der Waals surface area contributed by atoms with Gasteiger partial charge < -0.3 is 4.74 Å². The number of thioether (sulfide) groups is 1. The van der Waals surface area contributed by atoms with Crippen molar-refractivity contribution in [3.63, 3.8) is 0 Å². The van der Waals surface area contributed by atoms with Gasteiger partial charge >= 0.3 is 0 Å². The Kier molecular flexibility index (Phi) is 7.24. The van der Waals surface area contributed by atoms with E-state index in [2.05, 4.69) is 68.1 Å². The van der Waals surface area contributed by atoms with Crippen molar-refractivity contribution in [1.29, 1.82) is 0 Å². The number of rotatable bonds is 7. The highest BCUT2D eigenvalue weighted by molar-refractivity contribution is 8.03. The lowest BCUT2D eigenvalue weighted by Gasteiger charge is -2.21. The van der Waals surface area contributed by atoms with Crippen LogP contribution >= 0.6 is 23.7 Å². The van der Waals surface area contributed by atoms with Gasteiger partial charge in [0, 0.05) is 27.3 Å². The van der Waals surface area contributed by atoms with Crippen molar-refractivity contribution < 1.29 is 4.74 Å². The van der Waals surface area contributed by atoms with Crippen molar-refractivity contribution >= 4 is 35.0 Å². The Morgan fingerprint density at radius 2 is 1.82 bits per heavy atom. The normalized spacial score (nSPS) is 15.4. The van der Waals surface area contributed by atoms with E-state index in [0.29, 0.717) is 6.61 Å². The fraction of sp³-hybridized carbons (Fsp3) is 0.208. The first kappa shape index (κ1) is 20.6. The maximum atomic E-state index is 5.68. The van der Waals surface area contributed by atoms with Crippen LogP contribution in [0.2, 0.25) is 0 Å². The van der Waals surface area contributed by atoms with E-state index in [-0.39, 0.29) is 0 Å². The van der Waals surface area contributed by atoms with Crippen LogP contribution in [-0.4, -0.2) is 18.1 Å². The highest BCUT2D eigenvalue weighted by atomic mass is 32.2. The van der Waals surface area contributed by atoms with Gasteiger partial charge in [0.2, 0.25) is 0 Å². The second-order valence-electron chi connectivity index (χ2n) is 6.39. The predicted molar refractivity (Wildman–Crippen MR) is 125 cm³/mol. The summed E-state index contributed by atoms with van der Waals surface area (Å²) in [5.74, 6) is 1.78. The van der Waals surface area contributed by atoms with Crippen molar-refractivity contribution in [3.8, 4) is 0 Å². The minimum atomic E-state index is 0.683. The van der Waals surface area contributed by atoms with E-state index in [0.717, 1.165) is 43.7 Å². The monoisotopic (exact) mass is 407 g/mol. The molecule has 4 heteroatoms. The molecule has 0 amide bonds. The quantitative estimate of drug-likeness (QED) is 0.362. The number of allylic oxidation sites excluding steroid dienone is 3. The molecule has 2 nitrogen and oxygen atoms in total. The molecule has 2 aromatic rings. The zero-order valence-electron chi connectivity index (χ0n) is 16.6. The van der Waals surface area contributed by atoms with Gasteiger partial charge in [-0.25, -0.2) is 4.40 Å². The molecule has 28 heavy (non-hydrogen) atoms. The molecule has 1 aliphatic carbocycles. The molecule has 0 unspecified atom stereocenters. The van der Waals surface area contributed by atoms with Crippen LogP contribution in [0.5, 0.6) is 0 Å². The molecule has 0 radical (unpaired) electrons. The van der Waals surface area contributed by atoms with E-state index >= 15 is 0 Å². The molecule has 0 bridgehead atoms. The molecule has 0 spiro atoms. The van der Waals surface area contributed by atoms with E-state index in [9.17, 15) is 0 Å². The highest BCUT2D eigenvalue weighted by Gasteiger charge is 2.20. The maximum absolute atomic E-state index is 5.68. The average molecular weight is 408 g/mol. The van der Waals surface area contributed by atoms with Gasteiger partial charge in [-0.3, -0.25) is 0 Å². The molecule has 0 aliphatic heterocycles. The van der Waals surface area contributed by atoms with Crippen molar-refractivity contribution in [2.24, 2.45) is 4.40 Å². The number of ether oxygens (including phenoxy) is 1. The average Bonchev–Trinajstić information content (AvgIpc) is 2.72. The molecule has 144 valence electrons. The molecular formula is C24H25NOS2. The lowest BCUT2D eigenvalue weighted by molar-refractivity contribution is 0.233. The Hall–Kier alpha value is -2.17. The van der Waals surface area contributed by atoms with Gasteiger partial charge in [-0.2, -0.15) is 0 Å². The van der Waals surface area contributed by atoms with Crippen LogP contribution < -0.4 is 0 Å². The number of hydrogen-bond acceptors (Lipinski definition) is 4. The lowest BCUT2D eigenvalue weighted by Crippen LogP contribution is -2.09. The minimum Gasteiger partial charge on any atom is -0.498 e. The van der Waals surface area contributed by atoms with Gasteiger partial charge in [0.25, 0.3) is 0 Å². The summed E-state index contributed by atoms with van der Waals surface area (Å²) in [7, 11) is 0. The smallest absolute Gasteiger partial charge is 0.102 e. The Morgan fingerprint density at radius 1 is 1.11 bits per heavy atom. The van der Waals surface area contributed by atoms with Crippen LogP contribution in [0, 0.1) is 6.92 Å². The predicted octanol–water partition coefficient (Wildman–Crippen LogP) is 7.08. The van der Waals surface area contributed by atoms with E-state index in [1.165, 1.54) is 17.5 Å². The molecule has 0 aromatic heterocycles. The minimum absolute atomic E-state index is 0.683. The van der Waals surface area contributed by atoms with Crippen molar-refractivity contribution in [1.82, 2.24) is 0 Å². The fourth-order valence-electron chi connectivity index (χ4n) is 2.84. The van der Waals surface area contributed by atoms with Gasteiger partial charge in [0.15, 0.2) is 0 Å². The third-order valence-electron chi connectivity index (χ3n) is 4.39. The molecule has 3 rings (SSSR count). The summed E-state index contributed by atoms with van der Waals surface area (Å²) >= 11 is 3.26. The summed E-state index contributed by atoms with van der Waals surface area (Å²) in [6, 6.07) is 16.8. The number of fused-ring (bicyclic) bond motifs is 1. The first-order chi connectivity index (χ1) is 13.6. The van der Waals surface area contributed by atoms with Gasteiger partial charge in [0.1, 0.15) is 5.76 Å². The first-order valence-electron chi connectivity index (χ1n) is 9.35. The molecule has 1 aliphatic rings. The maximum Gasteiger partial charge on any atom is 0.102 e. The molecule has 0 saturated heterocycles. The second-order valence-corrected chi connectivity index (χ2v) is 8.24. The van der Waals surface area contributed by atoms with Gasteiger partial charge in [0.05, 0.1) is 18.1 Å². The number of nitrogens with zero attached hydrogens (tertiary/aromatic N) is 1. The molecule has 0 N–H and O–H groups in total. The van der Waals surface area contributed by atoms with E-state index < -0.39 is 0 Å². The summed E-state index contributed by atoms with van der Waals surface area (Å²) in [5.41, 5.74) is 5.56. The zero-order valence-corrected chi connectivity index (χ0v) is 18.2. The van der Waals surface area contributed by atoms with E-state index in [1.807, 2.05) is 19.9 Å². The Labute approximate surface area is 176 Å². The Balaban J connectivity index is 1.87. The van der Waals surface area contributed by atoms with Crippen molar-refractivity contribution in [2.45, 2.75) is 25.7 Å². The molecule has 2 aromatic carbocycles. The topological polar surface area (TPSA) is 21.6 Å². The van der Waals surface area contributed by atoms with Crippen LogP contribution in [0.3, 0.4) is 0 Å².